The smallest absolute Gasteiger partial charge is 0.236 e. The summed E-state index contributed by atoms with van der Waals surface area (Å²) in [5.41, 5.74) is 2.75. The van der Waals surface area contributed by atoms with Crippen molar-refractivity contribution in [3.63, 3.8) is 0 Å². The van der Waals surface area contributed by atoms with Gasteiger partial charge in [0.25, 0.3) is 0 Å². The van der Waals surface area contributed by atoms with E-state index in [0.29, 0.717) is 32.8 Å². The second-order valence-electron chi connectivity index (χ2n) is 5.86. The van der Waals surface area contributed by atoms with Crippen LogP contribution in [0.15, 0.2) is 30.5 Å². The molecule has 1 aromatic heterocycles. The molecule has 2 heterocycles. The zero-order valence-electron chi connectivity index (χ0n) is 13.7. The molecule has 6 nitrogen and oxygen atoms in total. The van der Waals surface area contributed by atoms with Gasteiger partial charge in [-0.15, -0.1) is 0 Å². The van der Waals surface area contributed by atoms with Gasteiger partial charge in [0.2, 0.25) is 5.91 Å². The minimum atomic E-state index is -0.266. The summed E-state index contributed by atoms with van der Waals surface area (Å²) in [5.74, 6) is -0.150. The highest BCUT2D eigenvalue weighted by molar-refractivity contribution is 5.79. The number of hydrogen-bond acceptors (Lipinski definition) is 4. The SMILES string of the molecule is COCCN1CCN(Cc2cn[nH]c2-c2ccc(F)cc2)CC1=O. The number of carbonyl (C=O) groups excluding carboxylic acids is 1. The number of rotatable bonds is 6. The highest BCUT2D eigenvalue weighted by atomic mass is 19.1. The predicted molar refractivity (Wildman–Crippen MR) is 87.7 cm³/mol. The molecule has 1 saturated heterocycles. The average molecular weight is 332 g/mol. The lowest BCUT2D eigenvalue weighted by atomic mass is 10.1. The molecule has 1 aliphatic rings. The van der Waals surface area contributed by atoms with E-state index in [1.807, 2.05) is 4.90 Å². The van der Waals surface area contributed by atoms with E-state index in [0.717, 1.165) is 23.4 Å². The number of benzene rings is 1. The number of carbonyl (C=O) groups is 1. The highest BCUT2D eigenvalue weighted by Crippen LogP contribution is 2.23. The van der Waals surface area contributed by atoms with Crippen molar-refractivity contribution < 1.29 is 13.9 Å². The molecule has 2 aromatic rings. The number of nitrogens with zero attached hydrogens (tertiary/aromatic N) is 3. The van der Waals surface area contributed by atoms with E-state index in [1.165, 1.54) is 12.1 Å². The fraction of sp³-hybridized carbons (Fsp3) is 0.412. The van der Waals surface area contributed by atoms with E-state index in [-0.39, 0.29) is 11.7 Å². The van der Waals surface area contributed by atoms with Gasteiger partial charge in [0.05, 0.1) is 25.0 Å². The summed E-state index contributed by atoms with van der Waals surface area (Å²) in [5, 5.41) is 7.07. The number of amides is 1. The molecule has 1 aromatic carbocycles. The zero-order valence-corrected chi connectivity index (χ0v) is 13.7. The number of H-pyrrole nitrogens is 1. The molecule has 1 amide bonds. The summed E-state index contributed by atoms with van der Waals surface area (Å²) < 4.78 is 18.1. The summed E-state index contributed by atoms with van der Waals surface area (Å²) in [6.07, 6.45) is 1.76. The molecule has 0 saturated carbocycles. The normalized spacial score (nSPS) is 15.9. The fourth-order valence-electron chi connectivity index (χ4n) is 2.87. The topological polar surface area (TPSA) is 61.5 Å². The van der Waals surface area contributed by atoms with Gasteiger partial charge in [0.15, 0.2) is 0 Å². The lowest BCUT2D eigenvalue weighted by Crippen LogP contribution is -2.50. The van der Waals surface area contributed by atoms with Crippen LogP contribution in [-0.2, 0) is 16.1 Å². The van der Waals surface area contributed by atoms with Crippen LogP contribution in [0.25, 0.3) is 11.3 Å². The number of aromatic nitrogens is 2. The first-order valence-electron chi connectivity index (χ1n) is 7.94. The van der Waals surface area contributed by atoms with Crippen LogP contribution >= 0.6 is 0 Å². The Balaban J connectivity index is 1.65. The van der Waals surface area contributed by atoms with Gasteiger partial charge in [-0.1, -0.05) is 0 Å². The van der Waals surface area contributed by atoms with Crippen molar-refractivity contribution >= 4 is 5.91 Å². The van der Waals surface area contributed by atoms with Crippen molar-refractivity contribution in [3.8, 4) is 11.3 Å². The molecule has 1 fully saturated rings. The summed E-state index contributed by atoms with van der Waals surface area (Å²) in [6.45, 7) is 3.72. The van der Waals surface area contributed by atoms with E-state index in [9.17, 15) is 9.18 Å². The van der Waals surface area contributed by atoms with Crippen LogP contribution < -0.4 is 0 Å². The Morgan fingerprint density at radius 1 is 1.29 bits per heavy atom. The van der Waals surface area contributed by atoms with Crippen molar-refractivity contribution in [2.75, 3.05) is 39.9 Å². The predicted octanol–water partition coefficient (Wildman–Crippen LogP) is 1.51. The minimum Gasteiger partial charge on any atom is -0.383 e. The summed E-state index contributed by atoms with van der Waals surface area (Å²) in [6, 6.07) is 6.30. The Kier molecular flexibility index (Phi) is 5.22. The maximum absolute atomic E-state index is 13.1. The van der Waals surface area contributed by atoms with Crippen molar-refractivity contribution in [3.05, 3.63) is 41.8 Å². The summed E-state index contributed by atoms with van der Waals surface area (Å²) in [4.78, 5) is 16.1. The van der Waals surface area contributed by atoms with Crippen LogP contribution in [0.2, 0.25) is 0 Å². The summed E-state index contributed by atoms with van der Waals surface area (Å²) >= 11 is 0. The fourth-order valence-corrected chi connectivity index (χ4v) is 2.87. The highest BCUT2D eigenvalue weighted by Gasteiger charge is 2.24. The Morgan fingerprint density at radius 2 is 2.08 bits per heavy atom. The second kappa shape index (κ2) is 7.55. The number of hydrogen-bond donors (Lipinski definition) is 1. The third-order valence-corrected chi connectivity index (χ3v) is 4.21. The Hall–Kier alpha value is -2.25. The lowest BCUT2D eigenvalue weighted by Gasteiger charge is -2.34. The molecule has 1 aliphatic heterocycles. The van der Waals surface area contributed by atoms with Crippen LogP contribution in [0, 0.1) is 5.82 Å². The molecule has 0 aliphatic carbocycles. The van der Waals surface area contributed by atoms with Gasteiger partial charge >= 0.3 is 0 Å². The largest absolute Gasteiger partial charge is 0.383 e. The van der Waals surface area contributed by atoms with Crippen molar-refractivity contribution in [1.29, 1.82) is 0 Å². The Bertz CT molecular complexity index is 686. The van der Waals surface area contributed by atoms with Gasteiger partial charge in [-0.3, -0.25) is 14.8 Å². The van der Waals surface area contributed by atoms with E-state index >= 15 is 0 Å². The van der Waals surface area contributed by atoms with Crippen LogP contribution in [0.5, 0.6) is 0 Å². The number of methoxy groups -OCH3 is 1. The molecule has 128 valence electrons. The maximum Gasteiger partial charge on any atom is 0.236 e. The molecule has 0 atom stereocenters. The molecule has 0 unspecified atom stereocenters. The van der Waals surface area contributed by atoms with E-state index in [4.69, 9.17) is 4.74 Å². The van der Waals surface area contributed by atoms with Crippen molar-refractivity contribution in [2.24, 2.45) is 0 Å². The van der Waals surface area contributed by atoms with Crippen LogP contribution in [0.1, 0.15) is 5.56 Å². The molecule has 0 radical (unpaired) electrons. The van der Waals surface area contributed by atoms with Gasteiger partial charge in [-0.05, 0) is 24.3 Å². The van der Waals surface area contributed by atoms with Gasteiger partial charge in [0.1, 0.15) is 5.82 Å². The van der Waals surface area contributed by atoms with E-state index in [2.05, 4.69) is 15.1 Å². The van der Waals surface area contributed by atoms with Crippen LogP contribution in [-0.4, -0.2) is 65.8 Å². The molecule has 3 rings (SSSR count). The van der Waals surface area contributed by atoms with Crippen LogP contribution in [0.4, 0.5) is 4.39 Å². The van der Waals surface area contributed by atoms with Crippen LogP contribution in [0.3, 0.4) is 0 Å². The van der Waals surface area contributed by atoms with Crippen molar-refractivity contribution in [1.82, 2.24) is 20.0 Å². The molecule has 0 bridgehead atoms. The van der Waals surface area contributed by atoms with Gasteiger partial charge in [-0.25, -0.2) is 4.39 Å². The molecular formula is C17H21FN4O2. The quantitative estimate of drug-likeness (QED) is 0.871. The second-order valence-corrected chi connectivity index (χ2v) is 5.86. The van der Waals surface area contributed by atoms with Gasteiger partial charge in [0, 0.05) is 44.4 Å². The lowest BCUT2D eigenvalue weighted by molar-refractivity contribution is -0.136. The van der Waals surface area contributed by atoms with Crippen molar-refractivity contribution in [2.45, 2.75) is 6.54 Å². The number of piperazine rings is 1. The number of ether oxygens (including phenoxy) is 1. The van der Waals surface area contributed by atoms with E-state index in [1.54, 1.807) is 25.4 Å². The Labute approximate surface area is 140 Å². The first-order valence-corrected chi connectivity index (χ1v) is 7.94. The first-order chi connectivity index (χ1) is 11.7. The van der Waals surface area contributed by atoms with Gasteiger partial charge < -0.3 is 9.64 Å². The number of aromatic amines is 1. The average Bonchev–Trinajstić information content (AvgIpc) is 3.03. The molecule has 24 heavy (non-hydrogen) atoms. The monoisotopic (exact) mass is 332 g/mol. The maximum atomic E-state index is 13.1. The Morgan fingerprint density at radius 3 is 2.79 bits per heavy atom. The standard InChI is InChI=1S/C17H21FN4O2/c1-24-9-8-22-7-6-21(12-16(22)23)11-14-10-19-20-17(14)13-2-4-15(18)5-3-13/h2-5,10H,6-9,11-12H2,1H3,(H,19,20). The zero-order chi connectivity index (χ0) is 16.9. The molecule has 1 N–H and O–H groups in total. The summed E-state index contributed by atoms with van der Waals surface area (Å²) in [7, 11) is 1.64. The first kappa shape index (κ1) is 16.6. The molecule has 7 heteroatoms. The number of halogens is 1. The number of nitrogens with one attached hydrogen (secondary N) is 1. The third kappa shape index (κ3) is 3.80. The van der Waals surface area contributed by atoms with Gasteiger partial charge in [-0.2, -0.15) is 5.10 Å². The third-order valence-electron chi connectivity index (χ3n) is 4.21. The molecular weight excluding hydrogens is 311 g/mol. The molecule has 0 spiro atoms. The van der Waals surface area contributed by atoms with E-state index < -0.39 is 0 Å². The minimum absolute atomic E-state index is 0.116.